The van der Waals surface area contributed by atoms with Gasteiger partial charge in [-0.15, -0.1) is 0 Å². The maximum Gasteiger partial charge on any atom is 0.401 e. The normalized spacial score (nSPS) is 29.9. The van der Waals surface area contributed by atoms with Gasteiger partial charge >= 0.3 is 6.18 Å². The Kier molecular flexibility index (Phi) is 5.46. The van der Waals surface area contributed by atoms with E-state index in [0.717, 1.165) is 12.8 Å². The predicted octanol–water partition coefficient (Wildman–Crippen LogP) is 3.49. The lowest BCUT2D eigenvalue weighted by atomic mass is 9.81. The summed E-state index contributed by atoms with van der Waals surface area (Å²) in [6, 6.07) is 2.21. The molecule has 104 valence electrons. The average molecular weight is 262 g/mol. The van der Waals surface area contributed by atoms with Crippen molar-refractivity contribution in [3.8, 4) is 6.07 Å². The first kappa shape index (κ1) is 15.3. The Morgan fingerprint density at radius 3 is 2.33 bits per heavy atom. The molecule has 0 bridgehead atoms. The summed E-state index contributed by atoms with van der Waals surface area (Å²) in [6.45, 7) is 3.23. The third-order valence-corrected chi connectivity index (χ3v) is 3.80. The quantitative estimate of drug-likeness (QED) is 0.790. The second-order valence-electron chi connectivity index (χ2n) is 5.49. The minimum Gasteiger partial charge on any atom is -0.306 e. The smallest absolute Gasteiger partial charge is 0.306 e. The van der Waals surface area contributed by atoms with Crippen LogP contribution in [0.5, 0.6) is 0 Å². The lowest BCUT2D eigenvalue weighted by Gasteiger charge is -2.22. The summed E-state index contributed by atoms with van der Waals surface area (Å²) in [6.07, 6.45) is -1.21. The van der Waals surface area contributed by atoms with E-state index in [1.807, 2.05) is 0 Å². The lowest BCUT2D eigenvalue weighted by Crippen LogP contribution is -2.36. The van der Waals surface area contributed by atoms with Gasteiger partial charge in [0.2, 0.25) is 0 Å². The second kappa shape index (κ2) is 6.42. The maximum atomic E-state index is 12.1. The molecule has 0 aromatic carbocycles. The topological polar surface area (TPSA) is 35.8 Å². The molecule has 1 saturated carbocycles. The number of rotatable bonds is 3. The molecule has 1 rings (SSSR count). The number of alkyl halides is 3. The van der Waals surface area contributed by atoms with E-state index in [2.05, 4.69) is 25.2 Å². The standard InChI is InChI=1S/C13H21F3N2/c1-9(2)12-6-5-11(4-3-10(12)7-17)18-8-13(14,15)16/h9-12,18H,3-6,8H2,1-2H3/t10-,11-,12+/m1/s1. The fraction of sp³-hybridized carbons (Fsp3) is 0.923. The summed E-state index contributed by atoms with van der Waals surface area (Å²) in [5.74, 6) is 0.714. The molecular formula is C13H21F3N2. The molecule has 1 fully saturated rings. The van der Waals surface area contributed by atoms with Crippen LogP contribution in [-0.4, -0.2) is 18.8 Å². The fourth-order valence-electron chi connectivity index (χ4n) is 2.76. The first-order valence-electron chi connectivity index (χ1n) is 6.53. The summed E-state index contributed by atoms with van der Waals surface area (Å²) < 4.78 is 36.4. The summed E-state index contributed by atoms with van der Waals surface area (Å²) in [5, 5.41) is 11.7. The van der Waals surface area contributed by atoms with Crippen LogP contribution in [0.2, 0.25) is 0 Å². The molecule has 0 heterocycles. The van der Waals surface area contributed by atoms with Gasteiger partial charge in [-0.2, -0.15) is 18.4 Å². The monoisotopic (exact) mass is 262 g/mol. The van der Waals surface area contributed by atoms with E-state index in [4.69, 9.17) is 5.26 Å². The molecule has 1 N–H and O–H groups in total. The van der Waals surface area contributed by atoms with Crippen LogP contribution in [0, 0.1) is 29.1 Å². The van der Waals surface area contributed by atoms with Crippen molar-refractivity contribution in [1.29, 1.82) is 5.26 Å². The van der Waals surface area contributed by atoms with Crippen molar-refractivity contribution >= 4 is 0 Å². The molecule has 0 radical (unpaired) electrons. The van der Waals surface area contributed by atoms with Crippen LogP contribution in [0.1, 0.15) is 39.5 Å². The van der Waals surface area contributed by atoms with Gasteiger partial charge in [0, 0.05) is 12.0 Å². The summed E-state index contributed by atoms with van der Waals surface area (Å²) >= 11 is 0. The van der Waals surface area contributed by atoms with E-state index in [0.29, 0.717) is 24.7 Å². The molecule has 0 aromatic rings. The van der Waals surface area contributed by atoms with E-state index in [-0.39, 0.29) is 12.0 Å². The number of hydrogen-bond donors (Lipinski definition) is 1. The van der Waals surface area contributed by atoms with Crippen LogP contribution >= 0.6 is 0 Å². The maximum absolute atomic E-state index is 12.1. The molecule has 5 heteroatoms. The summed E-state index contributed by atoms with van der Waals surface area (Å²) in [7, 11) is 0. The number of nitrogens with one attached hydrogen (secondary N) is 1. The van der Waals surface area contributed by atoms with Crippen molar-refractivity contribution in [2.75, 3.05) is 6.54 Å². The average Bonchev–Trinajstić information content (AvgIpc) is 2.47. The lowest BCUT2D eigenvalue weighted by molar-refractivity contribution is -0.126. The molecule has 0 unspecified atom stereocenters. The third kappa shape index (κ3) is 4.85. The molecule has 0 aromatic heterocycles. The van der Waals surface area contributed by atoms with Gasteiger partial charge in [-0.05, 0) is 37.5 Å². The Bertz CT molecular complexity index is 294. The van der Waals surface area contributed by atoms with Gasteiger partial charge in [-0.3, -0.25) is 0 Å². The van der Waals surface area contributed by atoms with Crippen LogP contribution in [-0.2, 0) is 0 Å². The number of nitriles is 1. The highest BCUT2D eigenvalue weighted by Gasteiger charge is 2.32. The third-order valence-electron chi connectivity index (χ3n) is 3.80. The molecule has 1 aliphatic rings. The first-order chi connectivity index (χ1) is 8.33. The zero-order chi connectivity index (χ0) is 13.8. The molecule has 18 heavy (non-hydrogen) atoms. The van der Waals surface area contributed by atoms with Gasteiger partial charge in [0.05, 0.1) is 12.6 Å². The highest BCUT2D eigenvalue weighted by atomic mass is 19.4. The van der Waals surface area contributed by atoms with Crippen molar-refractivity contribution in [2.24, 2.45) is 17.8 Å². The van der Waals surface area contributed by atoms with Crippen molar-refractivity contribution in [1.82, 2.24) is 5.32 Å². The Morgan fingerprint density at radius 2 is 1.83 bits per heavy atom. The number of halogens is 3. The Morgan fingerprint density at radius 1 is 1.22 bits per heavy atom. The molecule has 0 amide bonds. The van der Waals surface area contributed by atoms with Crippen molar-refractivity contribution in [3.63, 3.8) is 0 Å². The molecule has 0 saturated heterocycles. The van der Waals surface area contributed by atoms with Crippen LogP contribution in [0.15, 0.2) is 0 Å². The SMILES string of the molecule is CC(C)[C@@H]1CC[C@H](NCC(F)(F)F)CC[C@@H]1C#N. The first-order valence-corrected chi connectivity index (χ1v) is 6.53. The predicted molar refractivity (Wildman–Crippen MR) is 63.7 cm³/mol. The van der Waals surface area contributed by atoms with Crippen LogP contribution in [0.3, 0.4) is 0 Å². The highest BCUT2D eigenvalue weighted by Crippen LogP contribution is 2.33. The molecule has 0 aliphatic heterocycles. The van der Waals surface area contributed by atoms with E-state index >= 15 is 0 Å². The van der Waals surface area contributed by atoms with Crippen LogP contribution in [0.25, 0.3) is 0 Å². The fourth-order valence-corrected chi connectivity index (χ4v) is 2.76. The minimum absolute atomic E-state index is 0.0114. The second-order valence-corrected chi connectivity index (χ2v) is 5.49. The summed E-state index contributed by atoms with van der Waals surface area (Å²) in [4.78, 5) is 0. The minimum atomic E-state index is -4.15. The van der Waals surface area contributed by atoms with Gasteiger partial charge in [0.1, 0.15) is 0 Å². The van der Waals surface area contributed by atoms with E-state index in [1.165, 1.54) is 0 Å². The highest BCUT2D eigenvalue weighted by molar-refractivity contribution is 4.93. The zero-order valence-corrected chi connectivity index (χ0v) is 10.9. The van der Waals surface area contributed by atoms with E-state index in [9.17, 15) is 13.2 Å². The van der Waals surface area contributed by atoms with Crippen LogP contribution in [0.4, 0.5) is 13.2 Å². The van der Waals surface area contributed by atoms with Gasteiger partial charge in [0.25, 0.3) is 0 Å². The molecule has 3 atom stereocenters. The molecule has 0 spiro atoms. The van der Waals surface area contributed by atoms with E-state index in [1.54, 1.807) is 0 Å². The van der Waals surface area contributed by atoms with Crippen LogP contribution < -0.4 is 5.32 Å². The van der Waals surface area contributed by atoms with Gasteiger partial charge < -0.3 is 5.32 Å². The van der Waals surface area contributed by atoms with Gasteiger partial charge in [-0.1, -0.05) is 13.8 Å². The van der Waals surface area contributed by atoms with Crippen molar-refractivity contribution in [3.05, 3.63) is 0 Å². The van der Waals surface area contributed by atoms with Crippen molar-refractivity contribution < 1.29 is 13.2 Å². The Balaban J connectivity index is 2.51. The van der Waals surface area contributed by atoms with Gasteiger partial charge in [-0.25, -0.2) is 0 Å². The largest absolute Gasteiger partial charge is 0.401 e. The zero-order valence-electron chi connectivity index (χ0n) is 10.9. The van der Waals surface area contributed by atoms with Crippen molar-refractivity contribution in [2.45, 2.75) is 51.7 Å². The molecule has 1 aliphatic carbocycles. The summed E-state index contributed by atoms with van der Waals surface area (Å²) in [5.41, 5.74) is 0. The van der Waals surface area contributed by atoms with Gasteiger partial charge in [0.15, 0.2) is 0 Å². The molecular weight excluding hydrogens is 241 g/mol. The Labute approximate surface area is 107 Å². The Hall–Kier alpha value is -0.760. The molecule has 2 nitrogen and oxygen atoms in total. The number of hydrogen-bond acceptors (Lipinski definition) is 2. The number of nitrogens with zero attached hydrogens (tertiary/aromatic N) is 1. The van der Waals surface area contributed by atoms with E-state index < -0.39 is 12.7 Å².